The molecular formula is C13H16N2O. The third-order valence-electron chi connectivity index (χ3n) is 2.60. The number of pyridine rings is 1. The van der Waals surface area contributed by atoms with Crippen LogP contribution in [0.25, 0.3) is 0 Å². The van der Waals surface area contributed by atoms with E-state index in [-0.39, 0.29) is 6.04 Å². The molecule has 0 aliphatic heterocycles. The van der Waals surface area contributed by atoms with E-state index in [1.54, 1.807) is 6.26 Å². The van der Waals surface area contributed by atoms with Gasteiger partial charge in [0.05, 0.1) is 12.3 Å². The largest absolute Gasteiger partial charge is 0.468 e. The standard InChI is InChI=1S/C13H16N2O/c1-2-12(13-4-3-9-16-13)15-10-11-5-7-14-8-6-11/h3-9,12,15H,2,10H2,1H3. The van der Waals surface area contributed by atoms with Gasteiger partial charge in [-0.2, -0.15) is 0 Å². The van der Waals surface area contributed by atoms with Gasteiger partial charge in [0, 0.05) is 18.9 Å². The van der Waals surface area contributed by atoms with Crippen LogP contribution in [0.1, 0.15) is 30.7 Å². The molecule has 2 aromatic heterocycles. The van der Waals surface area contributed by atoms with Gasteiger partial charge in [-0.25, -0.2) is 0 Å². The molecule has 0 saturated heterocycles. The average Bonchev–Trinajstić information content (AvgIpc) is 2.85. The van der Waals surface area contributed by atoms with Crippen molar-refractivity contribution in [1.29, 1.82) is 0 Å². The molecule has 84 valence electrons. The number of hydrogen-bond donors (Lipinski definition) is 1. The molecule has 0 amide bonds. The average molecular weight is 216 g/mol. The molecule has 3 nitrogen and oxygen atoms in total. The van der Waals surface area contributed by atoms with Crippen molar-refractivity contribution in [1.82, 2.24) is 10.3 Å². The van der Waals surface area contributed by atoms with Gasteiger partial charge in [-0.3, -0.25) is 4.98 Å². The summed E-state index contributed by atoms with van der Waals surface area (Å²) in [7, 11) is 0. The first-order valence-electron chi connectivity index (χ1n) is 5.56. The van der Waals surface area contributed by atoms with Crippen LogP contribution in [0.3, 0.4) is 0 Å². The van der Waals surface area contributed by atoms with Crippen LogP contribution in [0.15, 0.2) is 47.3 Å². The maximum atomic E-state index is 5.40. The summed E-state index contributed by atoms with van der Waals surface area (Å²) < 4.78 is 5.40. The first-order chi connectivity index (χ1) is 7.90. The van der Waals surface area contributed by atoms with E-state index in [1.807, 2.05) is 36.7 Å². The predicted octanol–water partition coefficient (Wildman–Crippen LogP) is 2.92. The van der Waals surface area contributed by atoms with Gasteiger partial charge >= 0.3 is 0 Å². The van der Waals surface area contributed by atoms with Crippen molar-refractivity contribution < 1.29 is 4.42 Å². The van der Waals surface area contributed by atoms with Gasteiger partial charge in [-0.1, -0.05) is 6.92 Å². The van der Waals surface area contributed by atoms with E-state index in [0.717, 1.165) is 18.7 Å². The van der Waals surface area contributed by atoms with Crippen LogP contribution in [0.4, 0.5) is 0 Å². The summed E-state index contributed by atoms with van der Waals surface area (Å²) in [5.41, 5.74) is 1.24. The fraction of sp³-hybridized carbons (Fsp3) is 0.308. The van der Waals surface area contributed by atoms with E-state index in [2.05, 4.69) is 17.2 Å². The van der Waals surface area contributed by atoms with Crippen LogP contribution in [0.5, 0.6) is 0 Å². The monoisotopic (exact) mass is 216 g/mol. The zero-order chi connectivity index (χ0) is 11.2. The molecular weight excluding hydrogens is 200 g/mol. The lowest BCUT2D eigenvalue weighted by Gasteiger charge is -2.14. The zero-order valence-electron chi connectivity index (χ0n) is 9.39. The Hall–Kier alpha value is -1.61. The minimum atomic E-state index is 0.281. The topological polar surface area (TPSA) is 38.1 Å². The molecule has 0 aliphatic carbocycles. The summed E-state index contributed by atoms with van der Waals surface area (Å²) in [5, 5.41) is 3.47. The smallest absolute Gasteiger partial charge is 0.120 e. The summed E-state index contributed by atoms with van der Waals surface area (Å²) in [5.74, 6) is 0.997. The van der Waals surface area contributed by atoms with E-state index in [1.165, 1.54) is 5.56 Å². The maximum absolute atomic E-state index is 5.40. The summed E-state index contributed by atoms with van der Waals surface area (Å²) in [6, 6.07) is 8.24. The highest BCUT2D eigenvalue weighted by molar-refractivity contribution is 5.10. The van der Waals surface area contributed by atoms with Gasteiger partial charge in [-0.05, 0) is 36.2 Å². The molecule has 0 aliphatic rings. The van der Waals surface area contributed by atoms with E-state index >= 15 is 0 Å². The van der Waals surface area contributed by atoms with Crippen LogP contribution >= 0.6 is 0 Å². The molecule has 2 heterocycles. The van der Waals surface area contributed by atoms with Crippen molar-refractivity contribution in [3.05, 3.63) is 54.2 Å². The van der Waals surface area contributed by atoms with Gasteiger partial charge < -0.3 is 9.73 Å². The Morgan fingerprint density at radius 2 is 2.12 bits per heavy atom. The predicted molar refractivity (Wildman–Crippen MR) is 62.8 cm³/mol. The van der Waals surface area contributed by atoms with E-state index < -0.39 is 0 Å². The van der Waals surface area contributed by atoms with Gasteiger partial charge in [0.2, 0.25) is 0 Å². The minimum Gasteiger partial charge on any atom is -0.468 e. The summed E-state index contributed by atoms with van der Waals surface area (Å²) >= 11 is 0. The molecule has 2 rings (SSSR count). The molecule has 16 heavy (non-hydrogen) atoms. The molecule has 2 aromatic rings. The van der Waals surface area contributed by atoms with Crippen LogP contribution in [-0.4, -0.2) is 4.98 Å². The summed E-state index contributed by atoms with van der Waals surface area (Å²) in [6.07, 6.45) is 6.35. The third-order valence-corrected chi connectivity index (χ3v) is 2.60. The normalized spacial score (nSPS) is 12.6. The van der Waals surface area contributed by atoms with E-state index in [9.17, 15) is 0 Å². The lowest BCUT2D eigenvalue weighted by Crippen LogP contribution is -2.19. The Kier molecular flexibility index (Phi) is 3.72. The van der Waals surface area contributed by atoms with E-state index in [0.29, 0.717) is 0 Å². The van der Waals surface area contributed by atoms with Gasteiger partial charge in [-0.15, -0.1) is 0 Å². The minimum absolute atomic E-state index is 0.281. The van der Waals surface area contributed by atoms with Gasteiger partial charge in [0.15, 0.2) is 0 Å². The second kappa shape index (κ2) is 5.47. The SMILES string of the molecule is CCC(NCc1ccncc1)c1ccco1. The van der Waals surface area contributed by atoms with Crippen molar-refractivity contribution in [2.24, 2.45) is 0 Å². The molecule has 0 radical (unpaired) electrons. The highest BCUT2D eigenvalue weighted by atomic mass is 16.3. The molecule has 0 saturated carbocycles. The summed E-state index contributed by atoms with van der Waals surface area (Å²) in [6.45, 7) is 2.98. The third kappa shape index (κ3) is 2.70. The Morgan fingerprint density at radius 1 is 1.31 bits per heavy atom. The van der Waals surface area contributed by atoms with Crippen molar-refractivity contribution in [3.8, 4) is 0 Å². The highest BCUT2D eigenvalue weighted by Gasteiger charge is 2.10. The molecule has 3 heteroatoms. The van der Waals surface area contributed by atoms with Crippen LogP contribution in [0, 0.1) is 0 Å². The van der Waals surface area contributed by atoms with E-state index in [4.69, 9.17) is 4.42 Å². The Bertz CT molecular complexity index is 397. The number of nitrogens with one attached hydrogen (secondary N) is 1. The second-order valence-electron chi connectivity index (χ2n) is 3.71. The fourth-order valence-electron chi connectivity index (χ4n) is 1.68. The van der Waals surface area contributed by atoms with Crippen LogP contribution in [0.2, 0.25) is 0 Å². The van der Waals surface area contributed by atoms with Crippen molar-refractivity contribution >= 4 is 0 Å². The molecule has 1 atom stereocenters. The molecule has 0 bridgehead atoms. The first-order valence-corrected chi connectivity index (χ1v) is 5.56. The zero-order valence-corrected chi connectivity index (χ0v) is 9.39. The number of rotatable bonds is 5. The Balaban J connectivity index is 1.94. The lowest BCUT2D eigenvalue weighted by molar-refractivity contribution is 0.403. The first kappa shape index (κ1) is 10.9. The molecule has 1 N–H and O–H groups in total. The molecule has 0 fully saturated rings. The van der Waals surface area contributed by atoms with Gasteiger partial charge in [0.1, 0.15) is 5.76 Å². The number of aromatic nitrogens is 1. The highest BCUT2D eigenvalue weighted by Crippen LogP contribution is 2.17. The summed E-state index contributed by atoms with van der Waals surface area (Å²) in [4.78, 5) is 4.00. The quantitative estimate of drug-likeness (QED) is 0.835. The van der Waals surface area contributed by atoms with Crippen LogP contribution < -0.4 is 5.32 Å². The van der Waals surface area contributed by atoms with Crippen molar-refractivity contribution in [3.63, 3.8) is 0 Å². The number of furan rings is 1. The van der Waals surface area contributed by atoms with Crippen molar-refractivity contribution in [2.45, 2.75) is 25.9 Å². The number of nitrogens with zero attached hydrogens (tertiary/aromatic N) is 1. The van der Waals surface area contributed by atoms with Crippen molar-refractivity contribution in [2.75, 3.05) is 0 Å². The lowest BCUT2D eigenvalue weighted by atomic mass is 10.1. The molecule has 1 unspecified atom stereocenters. The second-order valence-corrected chi connectivity index (χ2v) is 3.71. The Morgan fingerprint density at radius 3 is 2.75 bits per heavy atom. The molecule has 0 spiro atoms. The Labute approximate surface area is 95.5 Å². The van der Waals surface area contributed by atoms with Gasteiger partial charge in [0.25, 0.3) is 0 Å². The van der Waals surface area contributed by atoms with Crippen LogP contribution in [-0.2, 0) is 6.54 Å². The molecule has 0 aromatic carbocycles. The maximum Gasteiger partial charge on any atom is 0.120 e. The number of hydrogen-bond acceptors (Lipinski definition) is 3. The fourth-order valence-corrected chi connectivity index (χ4v) is 1.68.